The van der Waals surface area contributed by atoms with E-state index >= 15 is 0 Å². The van der Waals surface area contributed by atoms with Gasteiger partial charge >= 0.3 is 5.97 Å². The van der Waals surface area contributed by atoms with Crippen molar-refractivity contribution in [2.75, 3.05) is 0 Å². The molecule has 4 unspecified atom stereocenters. The third-order valence-corrected chi connectivity index (χ3v) is 4.91. The zero-order valence-corrected chi connectivity index (χ0v) is 13.9. The Hall–Kier alpha value is -1.16. The van der Waals surface area contributed by atoms with Crippen LogP contribution in [-0.4, -0.2) is 15.9 Å². The number of aromatic nitrogens is 2. The van der Waals surface area contributed by atoms with Gasteiger partial charge in [-0.2, -0.15) is 0 Å². The Morgan fingerprint density at radius 2 is 2.19 bits per heavy atom. The van der Waals surface area contributed by atoms with Gasteiger partial charge in [-0.25, -0.2) is 9.97 Å². The molecule has 0 saturated carbocycles. The van der Waals surface area contributed by atoms with Crippen molar-refractivity contribution < 1.29 is 9.53 Å². The molecule has 21 heavy (non-hydrogen) atoms. The van der Waals surface area contributed by atoms with Crippen LogP contribution >= 0.6 is 11.6 Å². The van der Waals surface area contributed by atoms with Crippen molar-refractivity contribution in [1.29, 1.82) is 0 Å². The lowest BCUT2D eigenvalue weighted by atomic mass is 9.86. The highest BCUT2D eigenvalue weighted by atomic mass is 35.5. The first-order valence-corrected chi connectivity index (χ1v) is 8.01. The van der Waals surface area contributed by atoms with Crippen molar-refractivity contribution in [2.45, 2.75) is 59.0 Å². The quantitative estimate of drug-likeness (QED) is 0.601. The van der Waals surface area contributed by atoms with Gasteiger partial charge in [0, 0.05) is 18.4 Å². The second-order valence-electron chi connectivity index (χ2n) is 6.04. The fraction of sp³-hybridized carbons (Fsp3) is 0.688. The molecule has 0 bridgehead atoms. The number of fused-ring (bicyclic) bond motifs is 1. The minimum Gasteiger partial charge on any atom is -0.456 e. The minimum absolute atomic E-state index is 0.210. The van der Waals surface area contributed by atoms with Crippen LogP contribution in [0.3, 0.4) is 0 Å². The van der Waals surface area contributed by atoms with E-state index in [2.05, 4.69) is 30.7 Å². The zero-order valence-electron chi connectivity index (χ0n) is 13.1. The Morgan fingerprint density at radius 3 is 2.81 bits per heavy atom. The first-order valence-electron chi connectivity index (χ1n) is 7.63. The number of carbonyl (C=O) groups is 1. The lowest BCUT2D eigenvalue weighted by Crippen LogP contribution is -2.17. The SMILES string of the molecule is CCC(C)CCC1C(C)c2c(Cl)ncnc2C1OC(C)=O. The molecule has 2 rings (SSSR count). The van der Waals surface area contributed by atoms with Gasteiger partial charge in [-0.1, -0.05) is 45.2 Å². The van der Waals surface area contributed by atoms with E-state index in [4.69, 9.17) is 16.3 Å². The summed E-state index contributed by atoms with van der Waals surface area (Å²) in [6.07, 6.45) is 4.43. The van der Waals surface area contributed by atoms with Crippen LogP contribution in [0, 0.1) is 11.8 Å². The number of hydrogen-bond acceptors (Lipinski definition) is 4. The average Bonchev–Trinajstić information content (AvgIpc) is 2.70. The maximum atomic E-state index is 11.4. The average molecular weight is 311 g/mol. The summed E-state index contributed by atoms with van der Waals surface area (Å²) >= 11 is 6.23. The molecule has 0 saturated heterocycles. The molecule has 0 aromatic carbocycles. The van der Waals surface area contributed by atoms with Gasteiger partial charge in [-0.15, -0.1) is 0 Å². The number of esters is 1. The molecule has 0 spiro atoms. The Morgan fingerprint density at radius 1 is 1.48 bits per heavy atom. The summed E-state index contributed by atoms with van der Waals surface area (Å²) in [4.78, 5) is 19.8. The molecule has 0 amide bonds. The van der Waals surface area contributed by atoms with Crippen molar-refractivity contribution in [1.82, 2.24) is 9.97 Å². The molecule has 1 aliphatic rings. The van der Waals surface area contributed by atoms with Crippen LogP contribution in [0.1, 0.15) is 70.2 Å². The fourth-order valence-corrected chi connectivity index (χ4v) is 3.43. The van der Waals surface area contributed by atoms with Gasteiger partial charge in [0.2, 0.25) is 0 Å². The number of rotatable bonds is 5. The highest BCUT2D eigenvalue weighted by Crippen LogP contribution is 2.50. The first kappa shape index (κ1) is 16.2. The van der Waals surface area contributed by atoms with Gasteiger partial charge in [0.1, 0.15) is 17.6 Å². The van der Waals surface area contributed by atoms with Crippen molar-refractivity contribution in [3.63, 3.8) is 0 Å². The predicted octanol–water partition coefficient (Wildman–Crippen LogP) is 4.29. The Balaban J connectivity index is 2.27. The monoisotopic (exact) mass is 310 g/mol. The number of nitrogens with zero attached hydrogens (tertiary/aromatic N) is 2. The molecular formula is C16H23ClN2O2. The summed E-state index contributed by atoms with van der Waals surface area (Å²) in [5.41, 5.74) is 1.73. The van der Waals surface area contributed by atoms with E-state index in [1.807, 2.05) is 0 Å². The predicted molar refractivity (Wildman–Crippen MR) is 82.1 cm³/mol. The molecule has 1 heterocycles. The Kier molecular flexibility index (Phi) is 5.20. The summed E-state index contributed by atoms with van der Waals surface area (Å²) in [5.74, 6) is 0.831. The van der Waals surface area contributed by atoms with Crippen molar-refractivity contribution in [3.8, 4) is 0 Å². The molecule has 1 aromatic heterocycles. The molecule has 1 aliphatic carbocycles. The van der Waals surface area contributed by atoms with Crippen LogP contribution < -0.4 is 0 Å². The third kappa shape index (κ3) is 3.37. The second kappa shape index (κ2) is 6.73. The topological polar surface area (TPSA) is 52.1 Å². The van der Waals surface area contributed by atoms with E-state index < -0.39 is 0 Å². The highest BCUT2D eigenvalue weighted by Gasteiger charge is 2.43. The number of ether oxygens (including phenoxy) is 1. The fourth-order valence-electron chi connectivity index (χ4n) is 3.12. The largest absolute Gasteiger partial charge is 0.456 e. The molecule has 0 radical (unpaired) electrons. The summed E-state index contributed by atoms with van der Waals surface area (Å²) in [5, 5.41) is 0.482. The number of halogens is 1. The van der Waals surface area contributed by atoms with Crippen molar-refractivity contribution >= 4 is 17.6 Å². The van der Waals surface area contributed by atoms with E-state index in [-0.39, 0.29) is 23.9 Å². The van der Waals surface area contributed by atoms with E-state index in [1.54, 1.807) is 0 Å². The van der Waals surface area contributed by atoms with Gasteiger partial charge < -0.3 is 4.74 Å². The van der Waals surface area contributed by atoms with Gasteiger partial charge in [-0.05, 0) is 18.3 Å². The molecule has 5 heteroatoms. The molecular weight excluding hydrogens is 288 g/mol. The lowest BCUT2D eigenvalue weighted by Gasteiger charge is -2.23. The number of carbonyl (C=O) groups excluding carboxylic acids is 1. The van der Waals surface area contributed by atoms with Crippen LogP contribution in [0.2, 0.25) is 5.15 Å². The number of hydrogen-bond donors (Lipinski definition) is 0. The van der Waals surface area contributed by atoms with Crippen LogP contribution in [0.25, 0.3) is 0 Å². The van der Waals surface area contributed by atoms with Crippen molar-refractivity contribution in [2.24, 2.45) is 11.8 Å². The minimum atomic E-state index is -0.294. The van der Waals surface area contributed by atoms with Crippen LogP contribution in [0.5, 0.6) is 0 Å². The van der Waals surface area contributed by atoms with E-state index in [0.29, 0.717) is 11.1 Å². The van der Waals surface area contributed by atoms with E-state index in [9.17, 15) is 4.79 Å². The smallest absolute Gasteiger partial charge is 0.303 e. The van der Waals surface area contributed by atoms with Gasteiger partial charge in [-0.3, -0.25) is 4.79 Å². The summed E-state index contributed by atoms with van der Waals surface area (Å²) < 4.78 is 5.55. The maximum absolute atomic E-state index is 11.4. The molecule has 116 valence electrons. The van der Waals surface area contributed by atoms with E-state index in [0.717, 1.165) is 30.5 Å². The Labute approximate surface area is 131 Å². The maximum Gasteiger partial charge on any atom is 0.303 e. The summed E-state index contributed by atoms with van der Waals surface area (Å²) in [6, 6.07) is 0. The molecule has 4 atom stereocenters. The molecule has 0 fully saturated rings. The van der Waals surface area contributed by atoms with Gasteiger partial charge in [0.25, 0.3) is 0 Å². The highest BCUT2D eigenvalue weighted by molar-refractivity contribution is 6.30. The lowest BCUT2D eigenvalue weighted by molar-refractivity contribution is -0.149. The second-order valence-corrected chi connectivity index (χ2v) is 6.39. The molecule has 0 N–H and O–H groups in total. The molecule has 1 aromatic rings. The molecule has 0 aliphatic heterocycles. The van der Waals surface area contributed by atoms with Crippen LogP contribution in [0.4, 0.5) is 0 Å². The third-order valence-electron chi connectivity index (χ3n) is 4.60. The van der Waals surface area contributed by atoms with Crippen LogP contribution in [0.15, 0.2) is 6.33 Å². The van der Waals surface area contributed by atoms with Gasteiger partial charge in [0.15, 0.2) is 0 Å². The molecule has 4 nitrogen and oxygen atoms in total. The van der Waals surface area contributed by atoms with Crippen LogP contribution in [-0.2, 0) is 9.53 Å². The Bertz CT molecular complexity index is 521. The first-order chi connectivity index (χ1) is 9.95. The van der Waals surface area contributed by atoms with Gasteiger partial charge in [0.05, 0.1) is 5.69 Å². The standard InChI is InChI=1S/C16H23ClN2O2/c1-5-9(2)6-7-12-10(3)13-14(15(12)21-11(4)20)18-8-19-16(13)17/h8-10,12,15H,5-7H2,1-4H3. The van der Waals surface area contributed by atoms with Crippen molar-refractivity contribution in [3.05, 3.63) is 22.7 Å². The zero-order chi connectivity index (χ0) is 15.6. The summed E-state index contributed by atoms with van der Waals surface area (Å²) in [6.45, 7) is 8.01. The summed E-state index contributed by atoms with van der Waals surface area (Å²) in [7, 11) is 0. The normalized spacial score (nSPS) is 25.5. The van der Waals surface area contributed by atoms with E-state index in [1.165, 1.54) is 13.3 Å².